The molecular weight excluding hydrogens is 317 g/mol. The first-order chi connectivity index (χ1) is 11.0. The zero-order chi connectivity index (χ0) is 16.4. The van der Waals surface area contributed by atoms with Crippen LogP contribution < -0.4 is 0 Å². The lowest BCUT2D eigenvalue weighted by atomic mass is 9.81. The molecule has 4 nitrogen and oxygen atoms in total. The molecule has 0 N–H and O–H groups in total. The molecule has 0 unspecified atom stereocenters. The lowest BCUT2D eigenvalue weighted by Crippen LogP contribution is -2.47. The number of rotatable bonds is 6. The van der Waals surface area contributed by atoms with Gasteiger partial charge in [-0.3, -0.25) is 9.48 Å². The third-order valence-corrected chi connectivity index (χ3v) is 5.50. The van der Waals surface area contributed by atoms with E-state index >= 15 is 0 Å². The Balaban J connectivity index is 1.72. The molecule has 0 aromatic carbocycles. The molecule has 2 aliphatic carbocycles. The van der Waals surface area contributed by atoms with Gasteiger partial charge in [0, 0.05) is 18.3 Å². The molecule has 2 aliphatic rings. The molecule has 0 bridgehead atoms. The van der Waals surface area contributed by atoms with Gasteiger partial charge in [0.1, 0.15) is 11.5 Å². The van der Waals surface area contributed by atoms with Crippen LogP contribution in [0, 0.1) is 6.92 Å². The third kappa shape index (κ3) is 3.70. The van der Waals surface area contributed by atoms with Gasteiger partial charge in [-0.2, -0.15) is 5.10 Å². The Morgan fingerprint density at radius 1 is 1.43 bits per heavy atom. The maximum atomic E-state index is 14.4. The number of aromatic nitrogens is 2. The van der Waals surface area contributed by atoms with E-state index in [0.717, 1.165) is 17.7 Å². The third-order valence-electron chi connectivity index (χ3n) is 5.27. The van der Waals surface area contributed by atoms with Crippen LogP contribution in [0.2, 0.25) is 0 Å². The van der Waals surface area contributed by atoms with Crippen molar-refractivity contribution in [3.63, 3.8) is 0 Å². The summed E-state index contributed by atoms with van der Waals surface area (Å²) in [6.07, 6.45) is 8.85. The van der Waals surface area contributed by atoms with E-state index in [1.807, 2.05) is 17.8 Å². The second kappa shape index (κ2) is 6.80. The van der Waals surface area contributed by atoms with E-state index in [-0.39, 0.29) is 18.3 Å². The molecule has 6 heteroatoms. The summed E-state index contributed by atoms with van der Waals surface area (Å²) in [6, 6.07) is 0.471. The van der Waals surface area contributed by atoms with Gasteiger partial charge >= 0.3 is 0 Å². The number of alkyl halides is 2. The second-order valence-corrected chi connectivity index (χ2v) is 7.31. The van der Waals surface area contributed by atoms with Crippen molar-refractivity contribution < 1.29 is 9.18 Å². The molecule has 1 amide bonds. The predicted octanol–water partition coefficient (Wildman–Crippen LogP) is 3.77. The van der Waals surface area contributed by atoms with E-state index in [4.69, 9.17) is 11.6 Å². The monoisotopic (exact) mass is 341 g/mol. The standard InChI is InChI=1S/C17H25ClFN3O/c1-13-14(11-22(20-13)15-5-2-3-6-15)10-21(16(23)9-18)12-17(19)7-4-8-17/h11,15H,2-10,12H2,1H3. The zero-order valence-electron chi connectivity index (χ0n) is 13.7. The van der Waals surface area contributed by atoms with Gasteiger partial charge in [-0.05, 0) is 39.0 Å². The van der Waals surface area contributed by atoms with Crippen molar-refractivity contribution in [2.75, 3.05) is 12.4 Å². The van der Waals surface area contributed by atoms with Crippen molar-refractivity contribution >= 4 is 17.5 Å². The molecule has 0 spiro atoms. The van der Waals surface area contributed by atoms with Gasteiger partial charge in [0.15, 0.2) is 0 Å². The van der Waals surface area contributed by atoms with Gasteiger partial charge in [-0.25, -0.2) is 4.39 Å². The van der Waals surface area contributed by atoms with Crippen molar-refractivity contribution in [1.29, 1.82) is 0 Å². The number of amides is 1. The van der Waals surface area contributed by atoms with Gasteiger partial charge < -0.3 is 4.90 Å². The van der Waals surface area contributed by atoms with Gasteiger partial charge in [0.05, 0.1) is 18.3 Å². The Bertz CT molecular complexity index is 564. The van der Waals surface area contributed by atoms with Crippen molar-refractivity contribution in [3.8, 4) is 0 Å². The van der Waals surface area contributed by atoms with E-state index in [2.05, 4.69) is 5.10 Å². The van der Waals surface area contributed by atoms with Crippen LogP contribution in [0.1, 0.15) is 62.2 Å². The second-order valence-electron chi connectivity index (χ2n) is 7.05. The molecular formula is C17H25ClFN3O. The summed E-state index contributed by atoms with van der Waals surface area (Å²) in [7, 11) is 0. The summed E-state index contributed by atoms with van der Waals surface area (Å²) in [5.41, 5.74) is 0.695. The molecule has 2 fully saturated rings. The molecule has 2 saturated carbocycles. The summed E-state index contributed by atoms with van der Waals surface area (Å²) in [5.74, 6) is -0.310. The minimum absolute atomic E-state index is 0.105. The Morgan fingerprint density at radius 3 is 2.70 bits per heavy atom. The van der Waals surface area contributed by atoms with Gasteiger partial charge in [0.25, 0.3) is 0 Å². The first-order valence-electron chi connectivity index (χ1n) is 8.58. The molecule has 23 heavy (non-hydrogen) atoms. The summed E-state index contributed by atoms with van der Waals surface area (Å²) in [6.45, 7) is 2.50. The van der Waals surface area contributed by atoms with Crippen molar-refractivity contribution in [2.24, 2.45) is 0 Å². The number of halogens is 2. The highest BCUT2D eigenvalue weighted by molar-refractivity contribution is 6.27. The zero-order valence-corrected chi connectivity index (χ0v) is 14.5. The Morgan fingerprint density at radius 2 is 2.13 bits per heavy atom. The van der Waals surface area contributed by atoms with E-state index in [9.17, 15) is 9.18 Å². The average molecular weight is 342 g/mol. The smallest absolute Gasteiger partial charge is 0.237 e. The highest BCUT2D eigenvalue weighted by Crippen LogP contribution is 2.37. The van der Waals surface area contributed by atoms with Crippen LogP contribution in [0.4, 0.5) is 4.39 Å². The molecule has 1 heterocycles. The highest BCUT2D eigenvalue weighted by Gasteiger charge is 2.39. The number of nitrogens with zero attached hydrogens (tertiary/aromatic N) is 3. The van der Waals surface area contributed by atoms with Crippen molar-refractivity contribution in [3.05, 3.63) is 17.5 Å². The normalized spacial score (nSPS) is 20.5. The largest absolute Gasteiger partial charge is 0.334 e. The number of aryl methyl sites for hydroxylation is 1. The minimum atomic E-state index is -1.23. The van der Waals surface area contributed by atoms with Gasteiger partial charge in [0.2, 0.25) is 5.91 Å². The summed E-state index contributed by atoms with van der Waals surface area (Å²) >= 11 is 5.72. The van der Waals surface area contributed by atoms with Crippen molar-refractivity contribution in [2.45, 2.75) is 70.1 Å². The summed E-state index contributed by atoms with van der Waals surface area (Å²) in [5, 5.41) is 4.61. The van der Waals surface area contributed by atoms with Crippen LogP contribution in [0.3, 0.4) is 0 Å². The first kappa shape index (κ1) is 16.7. The van der Waals surface area contributed by atoms with E-state index in [1.165, 1.54) is 25.7 Å². The maximum absolute atomic E-state index is 14.4. The molecule has 1 aromatic heterocycles. The predicted molar refractivity (Wildman–Crippen MR) is 88.3 cm³/mol. The topological polar surface area (TPSA) is 38.1 Å². The van der Waals surface area contributed by atoms with Crippen LogP contribution >= 0.6 is 11.6 Å². The van der Waals surface area contributed by atoms with Crippen molar-refractivity contribution in [1.82, 2.24) is 14.7 Å². The van der Waals surface area contributed by atoms with E-state index in [1.54, 1.807) is 4.90 Å². The fourth-order valence-electron chi connectivity index (χ4n) is 3.61. The number of carbonyl (C=O) groups is 1. The Labute approximate surface area is 142 Å². The summed E-state index contributed by atoms with van der Waals surface area (Å²) in [4.78, 5) is 13.7. The Kier molecular flexibility index (Phi) is 4.95. The number of hydrogen-bond acceptors (Lipinski definition) is 2. The lowest BCUT2D eigenvalue weighted by molar-refractivity contribution is -0.132. The molecule has 0 saturated heterocycles. The lowest BCUT2D eigenvalue weighted by Gasteiger charge is -2.38. The van der Waals surface area contributed by atoms with Gasteiger partial charge in [-0.1, -0.05) is 12.8 Å². The van der Waals surface area contributed by atoms with Crippen LogP contribution in [0.25, 0.3) is 0 Å². The highest BCUT2D eigenvalue weighted by atomic mass is 35.5. The Hall–Kier alpha value is -1.10. The van der Waals surface area contributed by atoms with Crippen LogP contribution in [0.15, 0.2) is 6.20 Å². The molecule has 0 aliphatic heterocycles. The molecule has 1 aromatic rings. The van der Waals surface area contributed by atoms with Crippen LogP contribution in [-0.4, -0.2) is 38.7 Å². The molecule has 3 rings (SSSR count). The number of hydrogen-bond donors (Lipinski definition) is 0. The SMILES string of the molecule is Cc1nn(C2CCCC2)cc1CN(CC1(F)CCC1)C(=O)CCl. The summed E-state index contributed by atoms with van der Waals surface area (Å²) < 4.78 is 16.5. The quantitative estimate of drug-likeness (QED) is 0.739. The van der Waals surface area contributed by atoms with Gasteiger partial charge in [-0.15, -0.1) is 11.6 Å². The average Bonchev–Trinajstić information content (AvgIpc) is 3.14. The fourth-order valence-corrected chi connectivity index (χ4v) is 3.78. The number of carbonyl (C=O) groups excluding carboxylic acids is 1. The molecule has 0 atom stereocenters. The molecule has 0 radical (unpaired) electrons. The van der Waals surface area contributed by atoms with E-state index < -0.39 is 5.67 Å². The first-order valence-corrected chi connectivity index (χ1v) is 9.11. The minimum Gasteiger partial charge on any atom is -0.334 e. The maximum Gasteiger partial charge on any atom is 0.237 e. The van der Waals surface area contributed by atoms with E-state index in [0.29, 0.717) is 25.4 Å². The van der Waals surface area contributed by atoms with Crippen LogP contribution in [-0.2, 0) is 11.3 Å². The molecule has 128 valence electrons. The fraction of sp³-hybridized carbons (Fsp3) is 0.765. The van der Waals surface area contributed by atoms with Crippen LogP contribution in [0.5, 0.6) is 0 Å².